The van der Waals surface area contributed by atoms with E-state index in [1.165, 1.54) is 0 Å². The predicted octanol–water partition coefficient (Wildman–Crippen LogP) is 3.14. The topological polar surface area (TPSA) is 108 Å². The summed E-state index contributed by atoms with van der Waals surface area (Å²) in [6.45, 7) is 6.62. The van der Waals surface area contributed by atoms with Gasteiger partial charge in [0, 0.05) is 17.9 Å². The Bertz CT molecular complexity index is 1340. The average Bonchev–Trinajstić information content (AvgIpc) is 3.40. The first-order chi connectivity index (χ1) is 15.9. The molecule has 10 heteroatoms. The SMILES string of the molecule is COc1cc(C2CC(=O)Nc3c2cnn3-c2ccc3nnc(C)n3n2)ccc1OCC(C)C. The van der Waals surface area contributed by atoms with Crippen LogP contribution in [-0.4, -0.2) is 49.2 Å². The fourth-order valence-electron chi connectivity index (χ4n) is 3.97. The number of carbonyl (C=O) groups is 1. The number of ether oxygens (including phenoxy) is 2. The minimum atomic E-state index is -0.170. The molecule has 1 aliphatic rings. The van der Waals surface area contributed by atoms with E-state index in [9.17, 15) is 4.79 Å². The van der Waals surface area contributed by atoms with Crippen LogP contribution < -0.4 is 14.8 Å². The molecule has 1 aromatic carbocycles. The second-order valence-electron chi connectivity index (χ2n) is 8.49. The third kappa shape index (κ3) is 3.77. The Morgan fingerprint density at radius 3 is 2.82 bits per heavy atom. The number of anilines is 1. The van der Waals surface area contributed by atoms with Crippen LogP contribution in [0.2, 0.25) is 0 Å². The van der Waals surface area contributed by atoms with Crippen LogP contribution in [0.1, 0.15) is 43.1 Å². The molecule has 4 heterocycles. The summed E-state index contributed by atoms with van der Waals surface area (Å²) in [5, 5.41) is 20.2. The molecule has 0 bridgehead atoms. The molecule has 0 spiro atoms. The molecule has 5 rings (SSSR count). The lowest BCUT2D eigenvalue weighted by atomic mass is 9.87. The summed E-state index contributed by atoms with van der Waals surface area (Å²) < 4.78 is 14.7. The molecule has 1 atom stereocenters. The van der Waals surface area contributed by atoms with Gasteiger partial charge in [0.2, 0.25) is 5.91 Å². The quantitative estimate of drug-likeness (QED) is 0.484. The standard InChI is InChI=1S/C23H25N7O3/c1-13(2)12-33-18-6-5-15(9-19(18)32-4)16-10-22(31)25-23-17(16)11-24-30(23)21-8-7-20-27-26-14(3)29(20)28-21/h5-9,11,13,16H,10,12H2,1-4H3,(H,25,31). The van der Waals surface area contributed by atoms with E-state index >= 15 is 0 Å². The van der Waals surface area contributed by atoms with E-state index in [2.05, 4.69) is 39.6 Å². The maximum absolute atomic E-state index is 12.7. The van der Waals surface area contributed by atoms with E-state index in [0.29, 0.717) is 53.6 Å². The first kappa shape index (κ1) is 20.9. The molecule has 170 valence electrons. The fourth-order valence-corrected chi connectivity index (χ4v) is 3.97. The van der Waals surface area contributed by atoms with Crippen molar-refractivity contribution >= 4 is 17.4 Å². The Hall–Kier alpha value is -3.95. The largest absolute Gasteiger partial charge is 0.493 e. The zero-order valence-electron chi connectivity index (χ0n) is 18.9. The molecule has 0 aliphatic carbocycles. The molecular weight excluding hydrogens is 422 g/mol. The molecule has 33 heavy (non-hydrogen) atoms. The van der Waals surface area contributed by atoms with Gasteiger partial charge in [0.1, 0.15) is 5.82 Å². The molecule has 0 fully saturated rings. The summed E-state index contributed by atoms with van der Waals surface area (Å²) >= 11 is 0. The van der Waals surface area contributed by atoms with E-state index in [4.69, 9.17) is 9.47 Å². The molecule has 0 radical (unpaired) electrons. The number of fused-ring (bicyclic) bond motifs is 2. The van der Waals surface area contributed by atoms with E-state index < -0.39 is 0 Å². The van der Waals surface area contributed by atoms with Gasteiger partial charge >= 0.3 is 0 Å². The molecule has 0 saturated carbocycles. The third-order valence-corrected chi connectivity index (χ3v) is 5.60. The first-order valence-electron chi connectivity index (χ1n) is 10.8. The number of benzene rings is 1. The molecule has 1 aliphatic heterocycles. The van der Waals surface area contributed by atoms with Crippen molar-refractivity contribution in [2.75, 3.05) is 19.0 Å². The number of nitrogens with zero attached hydrogens (tertiary/aromatic N) is 6. The lowest BCUT2D eigenvalue weighted by molar-refractivity contribution is -0.116. The number of aryl methyl sites for hydroxylation is 1. The Kier molecular flexibility index (Phi) is 5.20. The molecule has 3 aromatic heterocycles. The lowest BCUT2D eigenvalue weighted by Crippen LogP contribution is -2.25. The average molecular weight is 447 g/mol. The Labute approximate surface area is 190 Å². The number of nitrogens with one attached hydrogen (secondary N) is 1. The van der Waals surface area contributed by atoms with Crippen molar-refractivity contribution in [2.45, 2.75) is 33.1 Å². The highest BCUT2D eigenvalue weighted by molar-refractivity contribution is 5.94. The second-order valence-corrected chi connectivity index (χ2v) is 8.49. The molecule has 1 amide bonds. The van der Waals surface area contributed by atoms with Gasteiger partial charge in [0.15, 0.2) is 28.8 Å². The maximum atomic E-state index is 12.7. The zero-order valence-corrected chi connectivity index (χ0v) is 18.9. The van der Waals surface area contributed by atoms with Gasteiger partial charge in [-0.05, 0) is 42.7 Å². The minimum absolute atomic E-state index is 0.0880. The Balaban J connectivity index is 1.53. The molecule has 1 N–H and O–H groups in total. The maximum Gasteiger partial charge on any atom is 0.226 e. The smallest absolute Gasteiger partial charge is 0.226 e. The normalized spacial score (nSPS) is 15.5. The predicted molar refractivity (Wildman–Crippen MR) is 121 cm³/mol. The van der Waals surface area contributed by atoms with Crippen molar-refractivity contribution in [2.24, 2.45) is 5.92 Å². The van der Waals surface area contributed by atoms with Crippen molar-refractivity contribution in [3.63, 3.8) is 0 Å². The van der Waals surface area contributed by atoms with Crippen LogP contribution in [0, 0.1) is 12.8 Å². The number of rotatable bonds is 6. The summed E-state index contributed by atoms with van der Waals surface area (Å²) in [6, 6.07) is 9.44. The van der Waals surface area contributed by atoms with Gasteiger partial charge in [-0.3, -0.25) is 4.79 Å². The monoisotopic (exact) mass is 447 g/mol. The van der Waals surface area contributed by atoms with Crippen LogP contribution in [0.3, 0.4) is 0 Å². The van der Waals surface area contributed by atoms with Gasteiger partial charge in [0.05, 0.1) is 19.9 Å². The molecule has 4 aromatic rings. The van der Waals surface area contributed by atoms with E-state index in [-0.39, 0.29) is 11.8 Å². The second kappa shape index (κ2) is 8.19. The van der Waals surface area contributed by atoms with Gasteiger partial charge in [-0.2, -0.15) is 14.3 Å². The molecule has 1 unspecified atom stereocenters. The van der Waals surface area contributed by atoms with Crippen LogP contribution in [0.4, 0.5) is 5.82 Å². The van der Waals surface area contributed by atoms with Gasteiger partial charge in [-0.15, -0.1) is 15.3 Å². The lowest BCUT2D eigenvalue weighted by Gasteiger charge is -2.24. The van der Waals surface area contributed by atoms with Crippen molar-refractivity contribution in [1.29, 1.82) is 0 Å². The van der Waals surface area contributed by atoms with Crippen LogP contribution in [-0.2, 0) is 4.79 Å². The molecular formula is C23H25N7O3. The summed E-state index contributed by atoms with van der Waals surface area (Å²) in [6.07, 6.45) is 2.09. The number of hydrogen-bond acceptors (Lipinski definition) is 7. The summed E-state index contributed by atoms with van der Waals surface area (Å²) in [5.74, 6) is 3.30. The number of hydrogen-bond donors (Lipinski definition) is 1. The summed E-state index contributed by atoms with van der Waals surface area (Å²) in [7, 11) is 1.62. The van der Waals surface area contributed by atoms with Gasteiger partial charge in [-0.1, -0.05) is 19.9 Å². The van der Waals surface area contributed by atoms with E-state index in [0.717, 1.165) is 11.1 Å². The summed E-state index contributed by atoms with van der Waals surface area (Å²) in [4.78, 5) is 12.7. The van der Waals surface area contributed by atoms with Crippen LogP contribution in [0.25, 0.3) is 11.5 Å². The van der Waals surface area contributed by atoms with Crippen LogP contribution in [0.15, 0.2) is 36.5 Å². The van der Waals surface area contributed by atoms with Crippen molar-refractivity contribution in [3.8, 4) is 17.3 Å². The van der Waals surface area contributed by atoms with Crippen molar-refractivity contribution in [3.05, 3.63) is 53.5 Å². The van der Waals surface area contributed by atoms with E-state index in [1.807, 2.05) is 31.2 Å². The van der Waals surface area contributed by atoms with Gasteiger partial charge in [-0.25, -0.2) is 0 Å². The zero-order chi connectivity index (χ0) is 23.1. The number of carbonyl (C=O) groups excluding carboxylic acids is 1. The minimum Gasteiger partial charge on any atom is -0.493 e. The van der Waals surface area contributed by atoms with Crippen molar-refractivity contribution < 1.29 is 14.3 Å². The Morgan fingerprint density at radius 2 is 2.03 bits per heavy atom. The number of amides is 1. The van der Waals surface area contributed by atoms with Gasteiger partial charge in [0.25, 0.3) is 0 Å². The van der Waals surface area contributed by atoms with Crippen molar-refractivity contribution in [1.82, 2.24) is 29.6 Å². The number of aromatic nitrogens is 6. The summed E-state index contributed by atoms with van der Waals surface area (Å²) in [5.41, 5.74) is 2.51. The highest BCUT2D eigenvalue weighted by Gasteiger charge is 2.31. The fraction of sp³-hybridized carbons (Fsp3) is 0.348. The Morgan fingerprint density at radius 1 is 1.18 bits per heavy atom. The highest BCUT2D eigenvalue weighted by Crippen LogP contribution is 2.40. The van der Waals surface area contributed by atoms with E-state index in [1.54, 1.807) is 28.6 Å². The van der Waals surface area contributed by atoms with Gasteiger partial charge < -0.3 is 14.8 Å². The highest BCUT2D eigenvalue weighted by atomic mass is 16.5. The van der Waals surface area contributed by atoms with Crippen LogP contribution in [0.5, 0.6) is 11.5 Å². The molecule has 10 nitrogen and oxygen atoms in total. The first-order valence-corrected chi connectivity index (χ1v) is 10.8. The number of methoxy groups -OCH3 is 1. The van der Waals surface area contributed by atoms with Crippen LogP contribution >= 0.6 is 0 Å². The third-order valence-electron chi connectivity index (χ3n) is 5.60. The molecule has 0 saturated heterocycles.